The van der Waals surface area contributed by atoms with Gasteiger partial charge in [-0.3, -0.25) is 14.5 Å². The Hall–Kier alpha value is -2.71. The quantitative estimate of drug-likeness (QED) is 0.658. The van der Waals surface area contributed by atoms with Crippen molar-refractivity contribution in [1.29, 1.82) is 0 Å². The first-order valence-corrected chi connectivity index (χ1v) is 11.1. The van der Waals surface area contributed by atoms with Crippen molar-refractivity contribution >= 4 is 35.1 Å². The summed E-state index contributed by atoms with van der Waals surface area (Å²) in [4.78, 5) is 39.7. The predicted octanol–water partition coefficient (Wildman–Crippen LogP) is 1.81. The largest absolute Gasteiger partial charge is 0.356 e. The second-order valence-corrected chi connectivity index (χ2v) is 8.34. The fraction of sp³-hybridized carbons (Fsp3) is 0.455. The molecule has 2 aliphatic rings. The maximum absolute atomic E-state index is 12.5. The summed E-state index contributed by atoms with van der Waals surface area (Å²) in [5.74, 6) is 0.375. The normalized spacial score (nSPS) is 19.6. The molecule has 9 heteroatoms. The zero-order chi connectivity index (χ0) is 21.6. The van der Waals surface area contributed by atoms with Gasteiger partial charge in [0.1, 0.15) is 0 Å². The molecule has 2 aromatic rings. The van der Waals surface area contributed by atoms with Gasteiger partial charge in [0.05, 0.1) is 5.92 Å². The average Bonchev–Trinajstić information content (AvgIpc) is 3.19. The molecule has 0 bridgehead atoms. The molecule has 0 aliphatic carbocycles. The Balaban J connectivity index is 1.15. The number of hydrogen-bond donors (Lipinski definition) is 1. The van der Waals surface area contributed by atoms with E-state index in [0.717, 1.165) is 50.8 Å². The van der Waals surface area contributed by atoms with Crippen LogP contribution in [0.1, 0.15) is 12.8 Å². The van der Waals surface area contributed by atoms with Crippen molar-refractivity contribution in [3.05, 3.63) is 47.7 Å². The Bertz CT molecular complexity index is 904. The van der Waals surface area contributed by atoms with Crippen molar-refractivity contribution in [1.82, 2.24) is 20.2 Å². The van der Waals surface area contributed by atoms with Gasteiger partial charge in [0, 0.05) is 68.8 Å². The highest BCUT2D eigenvalue weighted by atomic mass is 35.5. The third-order valence-electron chi connectivity index (χ3n) is 5.77. The third kappa shape index (κ3) is 5.51. The number of piperazine rings is 1. The predicted molar refractivity (Wildman–Crippen MR) is 120 cm³/mol. The first kappa shape index (κ1) is 21.5. The summed E-state index contributed by atoms with van der Waals surface area (Å²) >= 11 is 6.03. The van der Waals surface area contributed by atoms with Gasteiger partial charge in [0.15, 0.2) is 0 Å². The van der Waals surface area contributed by atoms with Crippen molar-refractivity contribution < 1.29 is 9.59 Å². The van der Waals surface area contributed by atoms with Crippen LogP contribution in [0, 0.1) is 5.92 Å². The third-order valence-corrected chi connectivity index (χ3v) is 6.01. The van der Waals surface area contributed by atoms with Crippen LogP contribution in [0.3, 0.4) is 0 Å². The molecule has 2 aliphatic heterocycles. The molecule has 164 valence electrons. The molecule has 0 radical (unpaired) electrons. The Morgan fingerprint density at radius 1 is 1.13 bits per heavy atom. The highest BCUT2D eigenvalue weighted by Gasteiger charge is 2.35. The maximum Gasteiger partial charge on any atom is 0.227 e. The lowest BCUT2D eigenvalue weighted by molar-refractivity contribution is -0.126. The average molecular weight is 443 g/mol. The van der Waals surface area contributed by atoms with Crippen LogP contribution < -0.4 is 15.1 Å². The Kier molecular flexibility index (Phi) is 6.99. The molecule has 0 saturated carbocycles. The Labute approximate surface area is 187 Å². The van der Waals surface area contributed by atoms with Crippen LogP contribution >= 0.6 is 11.6 Å². The number of amides is 2. The molecule has 31 heavy (non-hydrogen) atoms. The van der Waals surface area contributed by atoms with Crippen molar-refractivity contribution in [2.45, 2.75) is 12.8 Å². The molecule has 1 unspecified atom stereocenters. The van der Waals surface area contributed by atoms with Gasteiger partial charge in [0.2, 0.25) is 17.8 Å². The molecule has 4 rings (SSSR count). The second kappa shape index (κ2) is 10.1. The molecule has 3 heterocycles. The topological polar surface area (TPSA) is 81.7 Å². The van der Waals surface area contributed by atoms with Crippen LogP contribution in [0.25, 0.3) is 0 Å². The lowest BCUT2D eigenvalue weighted by Gasteiger charge is -2.34. The highest BCUT2D eigenvalue weighted by molar-refractivity contribution is 6.31. The van der Waals surface area contributed by atoms with Gasteiger partial charge in [-0.1, -0.05) is 17.7 Å². The molecule has 1 aromatic carbocycles. The Morgan fingerprint density at radius 3 is 2.65 bits per heavy atom. The molecular weight excluding hydrogens is 416 g/mol. The van der Waals surface area contributed by atoms with Crippen molar-refractivity contribution in [2.24, 2.45) is 5.92 Å². The van der Waals surface area contributed by atoms with E-state index in [1.807, 2.05) is 18.2 Å². The van der Waals surface area contributed by atoms with Crippen LogP contribution in [-0.2, 0) is 9.59 Å². The first-order valence-electron chi connectivity index (χ1n) is 10.7. The zero-order valence-corrected chi connectivity index (χ0v) is 18.2. The summed E-state index contributed by atoms with van der Waals surface area (Å²) < 4.78 is 0. The van der Waals surface area contributed by atoms with Gasteiger partial charge in [-0.15, -0.1) is 0 Å². The van der Waals surface area contributed by atoms with E-state index in [4.69, 9.17) is 11.6 Å². The number of rotatable bonds is 7. The van der Waals surface area contributed by atoms with Gasteiger partial charge in [-0.2, -0.15) is 0 Å². The van der Waals surface area contributed by atoms with Crippen molar-refractivity contribution in [2.75, 3.05) is 55.6 Å². The second-order valence-electron chi connectivity index (χ2n) is 7.91. The minimum absolute atomic E-state index is 0.0392. The fourth-order valence-corrected chi connectivity index (χ4v) is 4.25. The summed E-state index contributed by atoms with van der Waals surface area (Å²) in [5.41, 5.74) is 0.743. The molecule has 2 fully saturated rings. The number of carbonyl (C=O) groups is 2. The number of hydrogen-bond acceptors (Lipinski definition) is 6. The van der Waals surface area contributed by atoms with Crippen LogP contribution in [0.2, 0.25) is 5.02 Å². The van der Waals surface area contributed by atoms with Gasteiger partial charge < -0.3 is 15.1 Å². The van der Waals surface area contributed by atoms with Crippen LogP contribution in [0.15, 0.2) is 42.7 Å². The molecule has 1 aromatic heterocycles. The molecule has 8 nitrogen and oxygen atoms in total. The zero-order valence-electron chi connectivity index (χ0n) is 17.4. The SMILES string of the molecule is O=C(NCCCN1CCN(c2ncccn2)CC1)C1CC(=O)N(c2cccc(Cl)c2)C1. The van der Waals surface area contributed by atoms with E-state index in [1.54, 1.807) is 29.4 Å². The van der Waals surface area contributed by atoms with Gasteiger partial charge in [-0.25, -0.2) is 9.97 Å². The molecule has 2 amide bonds. The molecule has 1 N–H and O–H groups in total. The lowest BCUT2D eigenvalue weighted by Crippen LogP contribution is -2.47. The van der Waals surface area contributed by atoms with Crippen molar-refractivity contribution in [3.8, 4) is 0 Å². The Morgan fingerprint density at radius 2 is 1.90 bits per heavy atom. The fourth-order valence-electron chi connectivity index (χ4n) is 4.06. The van der Waals surface area contributed by atoms with Gasteiger partial charge in [0.25, 0.3) is 0 Å². The van der Waals surface area contributed by atoms with Crippen LogP contribution in [0.4, 0.5) is 11.6 Å². The van der Waals surface area contributed by atoms with Gasteiger partial charge in [-0.05, 0) is 37.2 Å². The minimum Gasteiger partial charge on any atom is -0.356 e. The summed E-state index contributed by atoms with van der Waals surface area (Å²) in [6.45, 7) is 5.66. The molecule has 2 saturated heterocycles. The number of carbonyl (C=O) groups excluding carboxylic acids is 2. The van der Waals surface area contributed by atoms with Crippen LogP contribution in [0.5, 0.6) is 0 Å². The summed E-state index contributed by atoms with van der Waals surface area (Å²) in [6.07, 6.45) is 4.65. The van der Waals surface area contributed by atoms with Crippen LogP contribution in [-0.4, -0.2) is 72.5 Å². The van der Waals surface area contributed by atoms with E-state index in [-0.39, 0.29) is 24.2 Å². The molecule has 0 spiro atoms. The first-order chi connectivity index (χ1) is 15.1. The number of aromatic nitrogens is 2. The van der Waals surface area contributed by atoms with Crippen molar-refractivity contribution in [3.63, 3.8) is 0 Å². The number of anilines is 2. The van der Waals surface area contributed by atoms with E-state index in [0.29, 0.717) is 18.1 Å². The summed E-state index contributed by atoms with van der Waals surface area (Å²) in [5, 5.41) is 3.58. The minimum atomic E-state index is -0.319. The smallest absolute Gasteiger partial charge is 0.227 e. The van der Waals surface area contributed by atoms with Gasteiger partial charge >= 0.3 is 0 Å². The molecule has 1 atom stereocenters. The number of halogens is 1. The summed E-state index contributed by atoms with van der Waals surface area (Å²) in [6, 6.07) is 9.00. The highest BCUT2D eigenvalue weighted by Crippen LogP contribution is 2.27. The lowest BCUT2D eigenvalue weighted by atomic mass is 10.1. The number of benzene rings is 1. The number of nitrogens with zero attached hydrogens (tertiary/aromatic N) is 5. The maximum atomic E-state index is 12.5. The molecular formula is C22H27ClN6O2. The monoisotopic (exact) mass is 442 g/mol. The van der Waals surface area contributed by atoms with E-state index < -0.39 is 0 Å². The summed E-state index contributed by atoms with van der Waals surface area (Å²) in [7, 11) is 0. The number of nitrogens with one attached hydrogen (secondary N) is 1. The standard InChI is InChI=1S/C22H27ClN6O2/c23-18-4-1-5-19(15-18)29-16-17(14-20(29)30)21(31)24-8-3-9-27-10-12-28(13-11-27)22-25-6-2-7-26-22/h1-2,4-7,15,17H,3,8-14,16H2,(H,24,31). The van der Waals surface area contributed by atoms with E-state index in [1.165, 1.54) is 0 Å². The van der Waals surface area contributed by atoms with E-state index >= 15 is 0 Å². The van der Waals surface area contributed by atoms with E-state index in [9.17, 15) is 9.59 Å². The van der Waals surface area contributed by atoms with E-state index in [2.05, 4.69) is 25.1 Å².